The van der Waals surface area contributed by atoms with Gasteiger partial charge in [0.05, 0.1) is 0 Å². The molecule has 0 saturated carbocycles. The van der Waals surface area contributed by atoms with E-state index in [4.69, 9.17) is 9.47 Å². The van der Waals surface area contributed by atoms with E-state index >= 15 is 0 Å². The van der Waals surface area contributed by atoms with Crippen LogP contribution in [0, 0.1) is 5.92 Å². The number of hydrogen-bond acceptors (Lipinski definition) is 3. The van der Waals surface area contributed by atoms with Crippen LogP contribution in [0.1, 0.15) is 32.3 Å². The summed E-state index contributed by atoms with van der Waals surface area (Å²) < 4.78 is 10.5. The molecule has 2 rings (SSSR count). The number of hydrogen-bond donors (Lipinski definition) is 0. The molecule has 1 aromatic rings. The number of benzene rings is 1. The zero-order valence-electron chi connectivity index (χ0n) is 10.8. The van der Waals surface area contributed by atoms with Gasteiger partial charge >= 0.3 is 0 Å². The molecule has 1 aliphatic heterocycles. The van der Waals surface area contributed by atoms with Crippen LogP contribution < -0.4 is 9.47 Å². The molecular formula is C15H18O3. The molecule has 0 N–H and O–H groups in total. The molecule has 0 radical (unpaired) electrons. The van der Waals surface area contributed by atoms with Crippen molar-refractivity contribution < 1.29 is 14.3 Å². The van der Waals surface area contributed by atoms with E-state index in [9.17, 15) is 4.79 Å². The normalized spacial score (nSPS) is 13.5. The van der Waals surface area contributed by atoms with Crippen molar-refractivity contribution in [2.75, 3.05) is 6.79 Å². The lowest BCUT2D eigenvalue weighted by Gasteiger charge is -2.00. The van der Waals surface area contributed by atoms with Crippen LogP contribution in [0.4, 0.5) is 0 Å². The maximum Gasteiger partial charge on any atom is 0.231 e. The van der Waals surface area contributed by atoms with Gasteiger partial charge in [0.1, 0.15) is 0 Å². The third-order valence-electron chi connectivity index (χ3n) is 2.83. The molecule has 0 aliphatic carbocycles. The maximum absolute atomic E-state index is 11.6. The summed E-state index contributed by atoms with van der Waals surface area (Å²) in [5.41, 5.74) is 0.956. The van der Waals surface area contributed by atoms with Crippen LogP contribution in [0.25, 0.3) is 6.08 Å². The molecule has 0 aromatic heterocycles. The van der Waals surface area contributed by atoms with Crippen molar-refractivity contribution >= 4 is 11.9 Å². The fraction of sp³-hybridized carbons (Fsp3) is 0.400. The highest BCUT2D eigenvalue weighted by Gasteiger charge is 2.12. The predicted molar refractivity (Wildman–Crippen MR) is 70.7 cm³/mol. The van der Waals surface area contributed by atoms with E-state index in [-0.39, 0.29) is 12.6 Å². The Kier molecular flexibility index (Phi) is 4.03. The minimum Gasteiger partial charge on any atom is -0.454 e. The van der Waals surface area contributed by atoms with Gasteiger partial charge in [-0.25, -0.2) is 0 Å². The first kappa shape index (κ1) is 12.7. The average Bonchev–Trinajstić information content (AvgIpc) is 2.81. The van der Waals surface area contributed by atoms with Crippen LogP contribution in [0.15, 0.2) is 24.3 Å². The average molecular weight is 246 g/mol. The van der Waals surface area contributed by atoms with E-state index < -0.39 is 0 Å². The van der Waals surface area contributed by atoms with Crippen LogP contribution in [0.5, 0.6) is 11.5 Å². The number of fused-ring (bicyclic) bond motifs is 1. The highest BCUT2D eigenvalue weighted by Crippen LogP contribution is 2.32. The standard InChI is InChI=1S/C15H18O3/c1-11(2)3-6-13(16)7-4-12-5-8-14-15(9-12)18-10-17-14/h4-5,7-9,11H,3,6,10H2,1-2H3/b7-4+. The molecule has 96 valence electrons. The van der Waals surface area contributed by atoms with Gasteiger partial charge in [-0.05, 0) is 36.1 Å². The van der Waals surface area contributed by atoms with Crippen molar-refractivity contribution in [2.45, 2.75) is 26.7 Å². The number of allylic oxidation sites excluding steroid dienone is 1. The van der Waals surface area contributed by atoms with Crippen molar-refractivity contribution in [1.82, 2.24) is 0 Å². The zero-order chi connectivity index (χ0) is 13.0. The number of rotatable bonds is 5. The van der Waals surface area contributed by atoms with Gasteiger partial charge in [0.2, 0.25) is 6.79 Å². The minimum absolute atomic E-state index is 0.168. The lowest BCUT2D eigenvalue weighted by atomic mass is 10.1. The van der Waals surface area contributed by atoms with E-state index in [0.29, 0.717) is 12.3 Å². The van der Waals surface area contributed by atoms with Crippen molar-refractivity contribution in [1.29, 1.82) is 0 Å². The summed E-state index contributed by atoms with van der Waals surface area (Å²) in [5, 5.41) is 0. The summed E-state index contributed by atoms with van der Waals surface area (Å²) in [5.74, 6) is 2.24. The number of carbonyl (C=O) groups excluding carboxylic acids is 1. The third-order valence-corrected chi connectivity index (χ3v) is 2.83. The van der Waals surface area contributed by atoms with E-state index in [1.165, 1.54) is 0 Å². The minimum atomic E-state index is 0.168. The van der Waals surface area contributed by atoms with Gasteiger partial charge in [0, 0.05) is 6.42 Å². The second-order valence-corrected chi connectivity index (χ2v) is 4.84. The molecule has 0 fully saturated rings. The zero-order valence-corrected chi connectivity index (χ0v) is 10.8. The van der Waals surface area contributed by atoms with Crippen molar-refractivity contribution in [2.24, 2.45) is 5.92 Å². The Morgan fingerprint density at radius 3 is 2.89 bits per heavy atom. The Bertz CT molecular complexity index is 461. The third kappa shape index (κ3) is 3.36. The fourth-order valence-electron chi connectivity index (χ4n) is 1.72. The van der Waals surface area contributed by atoms with Crippen molar-refractivity contribution in [3.63, 3.8) is 0 Å². The first-order chi connectivity index (χ1) is 8.65. The summed E-state index contributed by atoms with van der Waals surface area (Å²) in [6.07, 6.45) is 5.01. The molecule has 0 unspecified atom stereocenters. The van der Waals surface area contributed by atoms with Gasteiger partial charge < -0.3 is 9.47 Å². The summed E-state index contributed by atoms with van der Waals surface area (Å²) in [6.45, 7) is 4.51. The topological polar surface area (TPSA) is 35.5 Å². The maximum atomic E-state index is 11.6. The first-order valence-corrected chi connectivity index (χ1v) is 6.25. The summed E-state index contributed by atoms with van der Waals surface area (Å²) >= 11 is 0. The monoisotopic (exact) mass is 246 g/mol. The van der Waals surface area contributed by atoms with E-state index in [0.717, 1.165) is 23.5 Å². The summed E-state index contributed by atoms with van der Waals surface area (Å²) in [4.78, 5) is 11.6. The van der Waals surface area contributed by atoms with Gasteiger partial charge in [0.15, 0.2) is 17.3 Å². The van der Waals surface area contributed by atoms with E-state index in [1.807, 2.05) is 24.3 Å². The Labute approximate surface area is 107 Å². The highest BCUT2D eigenvalue weighted by molar-refractivity contribution is 5.93. The molecule has 0 atom stereocenters. The molecule has 0 spiro atoms. The molecular weight excluding hydrogens is 228 g/mol. The number of ketones is 1. The Morgan fingerprint density at radius 2 is 2.11 bits per heavy atom. The molecule has 0 bridgehead atoms. The van der Waals surface area contributed by atoms with Gasteiger partial charge in [0.25, 0.3) is 0 Å². The molecule has 3 heteroatoms. The van der Waals surface area contributed by atoms with E-state index in [1.54, 1.807) is 6.08 Å². The lowest BCUT2D eigenvalue weighted by Crippen LogP contribution is -1.96. The van der Waals surface area contributed by atoms with Crippen LogP contribution in [0.3, 0.4) is 0 Å². The van der Waals surface area contributed by atoms with Crippen molar-refractivity contribution in [3.8, 4) is 11.5 Å². The summed E-state index contributed by atoms with van der Waals surface area (Å²) in [7, 11) is 0. The van der Waals surface area contributed by atoms with Gasteiger partial charge in [-0.1, -0.05) is 26.0 Å². The smallest absolute Gasteiger partial charge is 0.231 e. The molecule has 1 aliphatic rings. The number of carbonyl (C=O) groups is 1. The van der Waals surface area contributed by atoms with Crippen LogP contribution >= 0.6 is 0 Å². The largest absolute Gasteiger partial charge is 0.454 e. The second-order valence-electron chi connectivity index (χ2n) is 4.84. The van der Waals surface area contributed by atoms with Crippen LogP contribution in [0.2, 0.25) is 0 Å². The van der Waals surface area contributed by atoms with Gasteiger partial charge in [-0.3, -0.25) is 4.79 Å². The highest BCUT2D eigenvalue weighted by atomic mass is 16.7. The quantitative estimate of drug-likeness (QED) is 0.747. The van der Waals surface area contributed by atoms with Gasteiger partial charge in [-0.15, -0.1) is 0 Å². The Hall–Kier alpha value is -1.77. The molecule has 1 heterocycles. The SMILES string of the molecule is CC(C)CCC(=O)/C=C/c1ccc2c(c1)OCO2. The van der Waals surface area contributed by atoms with Gasteiger partial charge in [-0.2, -0.15) is 0 Å². The van der Waals surface area contributed by atoms with Crippen molar-refractivity contribution in [3.05, 3.63) is 29.8 Å². The molecule has 1 aromatic carbocycles. The number of ether oxygens (including phenoxy) is 2. The molecule has 18 heavy (non-hydrogen) atoms. The van der Waals surface area contributed by atoms with Crippen LogP contribution in [-0.4, -0.2) is 12.6 Å². The Balaban J connectivity index is 1.94. The van der Waals surface area contributed by atoms with Crippen LogP contribution in [-0.2, 0) is 4.79 Å². The predicted octanol–water partition coefficient (Wildman–Crippen LogP) is 3.43. The fourth-order valence-corrected chi connectivity index (χ4v) is 1.72. The lowest BCUT2D eigenvalue weighted by molar-refractivity contribution is -0.114. The summed E-state index contributed by atoms with van der Waals surface area (Å²) in [6, 6.07) is 5.66. The second kappa shape index (κ2) is 5.71. The van der Waals surface area contributed by atoms with E-state index in [2.05, 4.69) is 13.8 Å². The molecule has 3 nitrogen and oxygen atoms in total. The Morgan fingerprint density at radius 1 is 1.33 bits per heavy atom. The molecule has 0 saturated heterocycles. The molecule has 0 amide bonds. The first-order valence-electron chi connectivity index (χ1n) is 6.25.